The Balaban J connectivity index is 1.75. The van der Waals surface area contributed by atoms with E-state index in [1.165, 1.54) is 0 Å². The highest BCUT2D eigenvalue weighted by molar-refractivity contribution is 6.04. The third-order valence-corrected chi connectivity index (χ3v) is 5.52. The molecule has 6 nitrogen and oxygen atoms in total. The summed E-state index contributed by atoms with van der Waals surface area (Å²) in [5, 5.41) is 8.44. The lowest BCUT2D eigenvalue weighted by Crippen LogP contribution is -2.40. The van der Waals surface area contributed by atoms with Gasteiger partial charge in [0.25, 0.3) is 11.8 Å². The molecule has 174 valence electrons. The number of carbonyl (C=O) groups is 2. The molecule has 2 amide bonds. The maximum absolute atomic E-state index is 13.0. The van der Waals surface area contributed by atoms with Crippen LogP contribution in [0.3, 0.4) is 0 Å². The van der Waals surface area contributed by atoms with Gasteiger partial charge in [-0.05, 0) is 50.8 Å². The summed E-state index contributed by atoms with van der Waals surface area (Å²) in [7, 11) is 0. The van der Waals surface area contributed by atoms with Gasteiger partial charge < -0.3 is 0 Å². The molecule has 0 aliphatic rings. The summed E-state index contributed by atoms with van der Waals surface area (Å²) < 4.78 is 0. The Hall–Kier alpha value is -4.06. The Morgan fingerprint density at radius 2 is 1.09 bits per heavy atom. The predicted octanol–water partition coefficient (Wildman–Crippen LogP) is 4.54. The molecule has 34 heavy (non-hydrogen) atoms. The number of rotatable bonds is 8. The first kappa shape index (κ1) is 24.6. The molecule has 1 atom stereocenters. The van der Waals surface area contributed by atoms with E-state index in [-0.39, 0.29) is 6.42 Å². The van der Waals surface area contributed by atoms with Gasteiger partial charge in [-0.2, -0.15) is 10.2 Å². The largest absolute Gasteiger partial charge is 0.272 e. The van der Waals surface area contributed by atoms with Crippen LogP contribution in [-0.2, 0) is 16.0 Å². The zero-order valence-electron chi connectivity index (χ0n) is 20.0. The van der Waals surface area contributed by atoms with Gasteiger partial charge in [0.15, 0.2) is 0 Å². The second kappa shape index (κ2) is 11.7. The first-order valence-electron chi connectivity index (χ1n) is 11.2. The number of hydrazone groups is 2. The number of nitrogens with one attached hydrogen (secondary N) is 2. The van der Waals surface area contributed by atoms with Crippen LogP contribution < -0.4 is 10.9 Å². The molecular formula is C28H30N4O2. The van der Waals surface area contributed by atoms with E-state index < -0.39 is 17.7 Å². The van der Waals surface area contributed by atoms with Crippen LogP contribution in [0.1, 0.15) is 41.7 Å². The highest BCUT2D eigenvalue weighted by Gasteiger charge is 2.27. The monoisotopic (exact) mass is 454 g/mol. The van der Waals surface area contributed by atoms with Gasteiger partial charge in [0, 0.05) is 0 Å². The van der Waals surface area contributed by atoms with Crippen molar-refractivity contribution in [2.24, 2.45) is 16.1 Å². The lowest BCUT2D eigenvalue weighted by atomic mass is 9.98. The van der Waals surface area contributed by atoms with Crippen LogP contribution in [0.5, 0.6) is 0 Å². The van der Waals surface area contributed by atoms with Gasteiger partial charge in [-0.3, -0.25) is 9.59 Å². The molecule has 0 aromatic heterocycles. The summed E-state index contributed by atoms with van der Waals surface area (Å²) in [5.41, 5.74) is 11.4. The first-order chi connectivity index (χ1) is 16.3. The molecule has 2 N–H and O–H groups in total. The van der Waals surface area contributed by atoms with E-state index in [4.69, 9.17) is 0 Å². The molecule has 0 aliphatic heterocycles. The van der Waals surface area contributed by atoms with Crippen molar-refractivity contribution in [1.82, 2.24) is 10.9 Å². The maximum Gasteiger partial charge on any atom is 0.253 e. The molecule has 0 spiro atoms. The topological polar surface area (TPSA) is 82.9 Å². The van der Waals surface area contributed by atoms with Gasteiger partial charge in [-0.25, -0.2) is 10.9 Å². The molecule has 0 radical (unpaired) electrons. The van der Waals surface area contributed by atoms with Crippen LogP contribution in [0, 0.1) is 19.8 Å². The van der Waals surface area contributed by atoms with Gasteiger partial charge in [-0.15, -0.1) is 0 Å². The van der Waals surface area contributed by atoms with E-state index in [0.29, 0.717) is 11.4 Å². The number of hydrogen-bond acceptors (Lipinski definition) is 4. The molecule has 0 saturated heterocycles. The average molecular weight is 455 g/mol. The fraction of sp³-hybridized carbons (Fsp3) is 0.214. The Bertz CT molecular complexity index is 1110. The zero-order valence-corrected chi connectivity index (χ0v) is 20.0. The third-order valence-electron chi connectivity index (χ3n) is 5.52. The molecule has 3 rings (SSSR count). The summed E-state index contributed by atoms with van der Waals surface area (Å²) in [6.45, 7) is 7.64. The van der Waals surface area contributed by atoms with Crippen LogP contribution in [-0.4, -0.2) is 23.2 Å². The highest BCUT2D eigenvalue weighted by Crippen LogP contribution is 2.11. The highest BCUT2D eigenvalue weighted by atomic mass is 16.2. The fourth-order valence-corrected chi connectivity index (χ4v) is 3.31. The summed E-state index contributed by atoms with van der Waals surface area (Å²) in [4.78, 5) is 26.0. The molecule has 3 aromatic rings. The molecule has 3 aromatic carbocycles. The minimum Gasteiger partial charge on any atom is -0.272 e. The quantitative estimate of drug-likeness (QED) is 0.298. The summed E-state index contributed by atoms with van der Waals surface area (Å²) in [6, 6.07) is 25.1. The summed E-state index contributed by atoms with van der Waals surface area (Å²) >= 11 is 0. The van der Waals surface area contributed by atoms with E-state index in [0.717, 1.165) is 27.8 Å². The number of carbonyl (C=O) groups excluding carboxylic acids is 2. The predicted molar refractivity (Wildman–Crippen MR) is 137 cm³/mol. The standard InChI is InChI=1S/C28H30N4O2/c1-19-10-14-24(15-11-19)21(3)29-31-27(33)26(18-23-8-6-5-7-9-23)28(34)32-30-22(4)25-16-12-20(2)13-17-25/h5-17,26H,18H2,1-4H3,(H,31,33)(H,32,34)/b29-21-,30-22+. The Morgan fingerprint density at radius 1 is 0.676 bits per heavy atom. The van der Waals surface area contributed by atoms with Crippen molar-refractivity contribution >= 4 is 23.2 Å². The van der Waals surface area contributed by atoms with Crippen molar-refractivity contribution in [1.29, 1.82) is 0 Å². The van der Waals surface area contributed by atoms with Crippen molar-refractivity contribution < 1.29 is 9.59 Å². The zero-order chi connectivity index (χ0) is 24.5. The van der Waals surface area contributed by atoms with Crippen molar-refractivity contribution in [3.63, 3.8) is 0 Å². The Labute approximate surface area is 200 Å². The molecule has 0 heterocycles. The number of hydrogen-bond donors (Lipinski definition) is 2. The fourth-order valence-electron chi connectivity index (χ4n) is 3.31. The first-order valence-corrected chi connectivity index (χ1v) is 11.2. The van der Waals surface area contributed by atoms with Crippen LogP contribution in [0.25, 0.3) is 0 Å². The lowest BCUT2D eigenvalue weighted by molar-refractivity contribution is -0.135. The molecular weight excluding hydrogens is 424 g/mol. The van der Waals surface area contributed by atoms with E-state index in [2.05, 4.69) is 21.1 Å². The average Bonchev–Trinajstić information content (AvgIpc) is 2.85. The minimum absolute atomic E-state index is 0.233. The van der Waals surface area contributed by atoms with Gasteiger partial charge >= 0.3 is 0 Å². The second-order valence-electron chi connectivity index (χ2n) is 8.32. The molecule has 0 saturated carbocycles. The van der Waals surface area contributed by atoms with Crippen LogP contribution in [0.2, 0.25) is 0 Å². The lowest BCUT2D eigenvalue weighted by Gasteiger charge is -2.14. The molecule has 0 fully saturated rings. The van der Waals surface area contributed by atoms with Gasteiger partial charge in [0.2, 0.25) is 0 Å². The van der Waals surface area contributed by atoms with Gasteiger partial charge in [-0.1, -0.05) is 90.0 Å². The number of amides is 2. The second-order valence-corrected chi connectivity index (χ2v) is 8.32. The minimum atomic E-state index is -0.994. The van der Waals surface area contributed by atoms with E-state index in [1.54, 1.807) is 0 Å². The van der Waals surface area contributed by atoms with Gasteiger partial charge in [0.1, 0.15) is 5.92 Å². The SMILES string of the molecule is C/C(=N/NC(=O)C(Cc1ccccc1)C(=O)N/N=C(\C)c1ccc(C)cc1)c1ccc(C)cc1. The molecule has 0 bridgehead atoms. The number of benzene rings is 3. The van der Waals surface area contributed by atoms with Crippen molar-refractivity contribution in [3.05, 3.63) is 107 Å². The van der Waals surface area contributed by atoms with Crippen molar-refractivity contribution in [3.8, 4) is 0 Å². The molecule has 1 unspecified atom stereocenters. The van der Waals surface area contributed by atoms with Crippen LogP contribution in [0.4, 0.5) is 0 Å². The van der Waals surface area contributed by atoms with Crippen molar-refractivity contribution in [2.75, 3.05) is 0 Å². The Morgan fingerprint density at radius 3 is 1.50 bits per heavy atom. The number of aryl methyl sites for hydroxylation is 2. The summed E-state index contributed by atoms with van der Waals surface area (Å²) in [5.74, 6) is -1.97. The Kier molecular flexibility index (Phi) is 8.46. The van der Waals surface area contributed by atoms with Crippen molar-refractivity contribution in [2.45, 2.75) is 34.1 Å². The number of nitrogens with zero attached hydrogens (tertiary/aromatic N) is 2. The summed E-state index contributed by atoms with van der Waals surface area (Å²) in [6.07, 6.45) is 0.233. The maximum atomic E-state index is 13.0. The smallest absolute Gasteiger partial charge is 0.253 e. The normalized spacial score (nSPS) is 12.7. The van der Waals surface area contributed by atoms with Gasteiger partial charge in [0.05, 0.1) is 11.4 Å². The molecule has 6 heteroatoms. The van der Waals surface area contributed by atoms with E-state index >= 15 is 0 Å². The van der Waals surface area contributed by atoms with Crippen LogP contribution in [0.15, 0.2) is 89.1 Å². The molecule has 0 aliphatic carbocycles. The van der Waals surface area contributed by atoms with E-state index in [9.17, 15) is 9.59 Å². The third kappa shape index (κ3) is 6.97. The van der Waals surface area contributed by atoms with E-state index in [1.807, 2.05) is 107 Å². The van der Waals surface area contributed by atoms with Crippen LogP contribution >= 0.6 is 0 Å².